The maximum Gasteiger partial charge on any atom is 0.249 e. The molecule has 0 unspecified atom stereocenters. The Kier molecular flexibility index (Phi) is 4.00. The fraction of sp³-hybridized carbons (Fsp3) is 1.00. The molecule has 0 saturated carbocycles. The van der Waals surface area contributed by atoms with Crippen LogP contribution in [-0.2, 0) is 4.57 Å². The molecule has 2 nitrogen and oxygen atoms in total. The highest BCUT2D eigenvalue weighted by Crippen LogP contribution is 2.14. The molecule has 0 aromatic rings. The third-order valence-electron chi connectivity index (χ3n) is 1.15. The van der Waals surface area contributed by atoms with E-state index in [9.17, 15) is 4.57 Å². The summed E-state index contributed by atoms with van der Waals surface area (Å²) in [4.78, 5) is 0. The molecule has 0 aromatic carbocycles. The van der Waals surface area contributed by atoms with Crippen LogP contribution in [0.4, 0.5) is 0 Å². The second-order valence-corrected chi connectivity index (χ2v) is 3.27. The van der Waals surface area contributed by atoms with Gasteiger partial charge in [-0.3, -0.25) is 4.57 Å². The largest absolute Gasteiger partial charge is 0.256 e. The molecule has 0 heterocycles. The Morgan fingerprint density at radius 2 is 1.44 bits per heavy atom. The van der Waals surface area contributed by atoms with Crippen molar-refractivity contribution in [3.8, 4) is 0 Å². The fourth-order valence-electron chi connectivity index (χ4n) is 0.785. The van der Waals surface area contributed by atoms with E-state index in [1.54, 1.807) is 0 Å². The third kappa shape index (κ3) is 2.92. The minimum absolute atomic E-state index is 0.131. The minimum atomic E-state index is 0.131. The van der Waals surface area contributed by atoms with E-state index in [2.05, 4.69) is 0 Å². The first-order valence-corrected chi connectivity index (χ1v) is 3.97. The molecule has 0 aliphatic heterocycles. The second kappa shape index (κ2) is 3.97. The predicted octanol–water partition coefficient (Wildman–Crippen LogP) is 2.31. The highest BCUT2D eigenvalue weighted by atomic mass is 31.1. The Bertz CT molecular complexity index is 85.1. The van der Waals surface area contributed by atoms with Crippen molar-refractivity contribution in [1.29, 1.82) is 0 Å². The van der Waals surface area contributed by atoms with Crippen LogP contribution in [0.2, 0.25) is 0 Å². The zero-order valence-corrected chi connectivity index (χ0v) is 7.35. The molecule has 0 aliphatic carbocycles. The van der Waals surface area contributed by atoms with E-state index < -0.39 is 0 Å². The Morgan fingerprint density at radius 1 is 1.11 bits per heavy atom. The normalized spacial score (nSPS) is 12.3. The van der Waals surface area contributed by atoms with Crippen molar-refractivity contribution in [2.45, 2.75) is 39.8 Å². The van der Waals surface area contributed by atoms with Gasteiger partial charge in [0.25, 0.3) is 0 Å². The maximum atomic E-state index is 10.4. The standard InChI is InChI=1S/C6H14NOP/c1-5(2)7(9-8)6(3)4/h5-6H,1-4H3. The molecule has 0 spiro atoms. The number of hydrogen-bond acceptors (Lipinski definition) is 1. The summed E-state index contributed by atoms with van der Waals surface area (Å²) >= 11 is 0. The van der Waals surface area contributed by atoms with Gasteiger partial charge in [0.05, 0.1) is 0 Å². The average Bonchev–Trinajstić information content (AvgIpc) is 1.64. The van der Waals surface area contributed by atoms with Crippen molar-refractivity contribution in [3.63, 3.8) is 0 Å². The van der Waals surface area contributed by atoms with Crippen LogP contribution in [0.25, 0.3) is 0 Å². The third-order valence-corrected chi connectivity index (χ3v) is 2.26. The molecule has 0 aromatic heterocycles. The molecule has 54 valence electrons. The molecular weight excluding hydrogens is 133 g/mol. The van der Waals surface area contributed by atoms with Gasteiger partial charge in [0.2, 0.25) is 8.61 Å². The molecule has 0 amide bonds. The van der Waals surface area contributed by atoms with E-state index in [0.717, 1.165) is 0 Å². The van der Waals surface area contributed by atoms with E-state index in [-0.39, 0.29) is 8.61 Å². The van der Waals surface area contributed by atoms with Crippen molar-refractivity contribution in [3.05, 3.63) is 0 Å². The molecule has 0 aliphatic rings. The van der Waals surface area contributed by atoms with Crippen LogP contribution in [-0.4, -0.2) is 16.8 Å². The van der Waals surface area contributed by atoms with Crippen LogP contribution in [0.5, 0.6) is 0 Å². The molecular formula is C6H14NOP. The highest BCUT2D eigenvalue weighted by molar-refractivity contribution is 7.20. The van der Waals surface area contributed by atoms with Crippen LogP contribution in [0.3, 0.4) is 0 Å². The van der Waals surface area contributed by atoms with E-state index in [1.165, 1.54) is 0 Å². The summed E-state index contributed by atoms with van der Waals surface area (Å²) in [7, 11) is 0.131. The number of nitrogens with zero attached hydrogens (tertiary/aromatic N) is 1. The van der Waals surface area contributed by atoms with Crippen molar-refractivity contribution in [2.24, 2.45) is 0 Å². The Balaban J connectivity index is 3.82. The van der Waals surface area contributed by atoms with Gasteiger partial charge in [-0.15, -0.1) is 0 Å². The summed E-state index contributed by atoms with van der Waals surface area (Å²) in [6.45, 7) is 8.13. The first-order chi connectivity index (χ1) is 4.09. The Labute approximate surface area is 58.5 Å². The summed E-state index contributed by atoms with van der Waals surface area (Å²) in [5, 5.41) is 0. The molecule has 0 N–H and O–H groups in total. The SMILES string of the molecule is CC(C)N(P=O)C(C)C. The minimum Gasteiger partial charge on any atom is -0.256 e. The Morgan fingerprint density at radius 3 is 1.44 bits per heavy atom. The predicted molar refractivity (Wildman–Crippen MR) is 39.7 cm³/mol. The van der Waals surface area contributed by atoms with E-state index in [0.29, 0.717) is 12.1 Å². The summed E-state index contributed by atoms with van der Waals surface area (Å²) in [5.74, 6) is 0. The summed E-state index contributed by atoms with van der Waals surface area (Å²) in [5.41, 5.74) is 0. The topological polar surface area (TPSA) is 20.3 Å². The molecule has 3 heteroatoms. The first-order valence-electron chi connectivity index (χ1n) is 3.21. The van der Waals surface area contributed by atoms with Crippen LogP contribution >= 0.6 is 8.61 Å². The van der Waals surface area contributed by atoms with Gasteiger partial charge in [-0.2, -0.15) is 0 Å². The van der Waals surface area contributed by atoms with Crippen molar-refractivity contribution < 1.29 is 4.57 Å². The van der Waals surface area contributed by atoms with Gasteiger partial charge < -0.3 is 0 Å². The smallest absolute Gasteiger partial charge is 0.249 e. The molecule has 0 rings (SSSR count). The zero-order chi connectivity index (χ0) is 7.44. The molecule has 9 heavy (non-hydrogen) atoms. The van der Waals surface area contributed by atoms with Crippen LogP contribution in [0.15, 0.2) is 0 Å². The lowest BCUT2D eigenvalue weighted by atomic mass is 10.3. The lowest BCUT2D eigenvalue weighted by Gasteiger charge is -2.21. The van der Waals surface area contributed by atoms with E-state index >= 15 is 0 Å². The molecule has 0 atom stereocenters. The summed E-state index contributed by atoms with van der Waals surface area (Å²) < 4.78 is 12.3. The zero-order valence-electron chi connectivity index (χ0n) is 6.46. The quantitative estimate of drug-likeness (QED) is 0.571. The van der Waals surface area contributed by atoms with Crippen LogP contribution in [0.1, 0.15) is 27.7 Å². The van der Waals surface area contributed by atoms with Gasteiger partial charge in [0.15, 0.2) is 0 Å². The second-order valence-electron chi connectivity index (χ2n) is 2.65. The van der Waals surface area contributed by atoms with Gasteiger partial charge in [0, 0.05) is 12.1 Å². The monoisotopic (exact) mass is 147 g/mol. The van der Waals surface area contributed by atoms with E-state index in [4.69, 9.17) is 0 Å². The van der Waals surface area contributed by atoms with Gasteiger partial charge in [-0.05, 0) is 27.7 Å². The highest BCUT2D eigenvalue weighted by Gasteiger charge is 2.11. The van der Waals surface area contributed by atoms with Crippen molar-refractivity contribution >= 4 is 8.61 Å². The summed E-state index contributed by atoms with van der Waals surface area (Å²) in [6.07, 6.45) is 0. The lowest BCUT2D eigenvalue weighted by molar-refractivity contribution is 0.317. The molecule has 0 fully saturated rings. The van der Waals surface area contributed by atoms with E-state index in [1.807, 2.05) is 32.4 Å². The van der Waals surface area contributed by atoms with Crippen molar-refractivity contribution in [2.75, 3.05) is 0 Å². The maximum absolute atomic E-state index is 10.4. The molecule has 0 radical (unpaired) electrons. The lowest BCUT2D eigenvalue weighted by Crippen LogP contribution is -2.27. The average molecular weight is 147 g/mol. The molecule has 0 bridgehead atoms. The first kappa shape index (κ1) is 9.06. The molecule has 0 saturated heterocycles. The van der Waals surface area contributed by atoms with Crippen molar-refractivity contribution in [1.82, 2.24) is 4.67 Å². The number of rotatable bonds is 3. The van der Waals surface area contributed by atoms with Gasteiger partial charge >= 0.3 is 0 Å². The van der Waals surface area contributed by atoms with Crippen LogP contribution in [0, 0.1) is 0 Å². The van der Waals surface area contributed by atoms with Gasteiger partial charge in [-0.25, -0.2) is 4.67 Å². The van der Waals surface area contributed by atoms with Gasteiger partial charge in [0.1, 0.15) is 0 Å². The van der Waals surface area contributed by atoms with Crippen LogP contribution < -0.4 is 0 Å². The summed E-state index contributed by atoms with van der Waals surface area (Å²) in [6, 6.07) is 0.730. The Hall–Kier alpha value is 0.0600. The van der Waals surface area contributed by atoms with Gasteiger partial charge in [-0.1, -0.05) is 0 Å². The fourth-order valence-corrected chi connectivity index (χ4v) is 1.16. The number of hydrogen-bond donors (Lipinski definition) is 0.